The van der Waals surface area contributed by atoms with E-state index in [1.54, 1.807) is 18.2 Å². The Labute approximate surface area is 113 Å². The molecule has 1 heterocycles. The van der Waals surface area contributed by atoms with E-state index >= 15 is 0 Å². The number of hydrogen-bond acceptors (Lipinski definition) is 4. The SMILES string of the molecule is CC(=O)c1cccc(-c2cc(=O)c(O)c(C(=O)O)[nH]2)c1. The highest BCUT2D eigenvalue weighted by Crippen LogP contribution is 2.20. The molecule has 0 bridgehead atoms. The van der Waals surface area contributed by atoms with Gasteiger partial charge in [0, 0.05) is 11.6 Å². The summed E-state index contributed by atoms with van der Waals surface area (Å²) in [6.45, 7) is 1.40. The number of ketones is 1. The lowest BCUT2D eigenvalue weighted by atomic mass is 10.0. The molecule has 0 saturated carbocycles. The Kier molecular flexibility index (Phi) is 3.39. The van der Waals surface area contributed by atoms with E-state index in [0.29, 0.717) is 11.1 Å². The Balaban J connectivity index is 2.64. The fraction of sp³-hybridized carbons (Fsp3) is 0.0714. The number of nitrogens with one attached hydrogen (secondary N) is 1. The van der Waals surface area contributed by atoms with E-state index in [2.05, 4.69) is 4.98 Å². The second-order valence-electron chi connectivity index (χ2n) is 4.21. The number of benzene rings is 1. The highest BCUT2D eigenvalue weighted by molar-refractivity contribution is 5.95. The minimum Gasteiger partial charge on any atom is -0.502 e. The van der Waals surface area contributed by atoms with E-state index in [-0.39, 0.29) is 11.5 Å². The first-order valence-corrected chi connectivity index (χ1v) is 5.71. The van der Waals surface area contributed by atoms with Crippen LogP contribution in [0.25, 0.3) is 11.3 Å². The summed E-state index contributed by atoms with van der Waals surface area (Å²) < 4.78 is 0. The van der Waals surface area contributed by atoms with Crippen molar-refractivity contribution in [3.63, 3.8) is 0 Å². The van der Waals surface area contributed by atoms with Gasteiger partial charge in [0.1, 0.15) is 0 Å². The molecule has 2 aromatic rings. The maximum Gasteiger partial charge on any atom is 0.356 e. The van der Waals surface area contributed by atoms with Crippen LogP contribution in [0.15, 0.2) is 35.1 Å². The minimum absolute atomic E-state index is 0.147. The van der Waals surface area contributed by atoms with E-state index in [9.17, 15) is 19.5 Å². The van der Waals surface area contributed by atoms with Crippen molar-refractivity contribution in [3.05, 3.63) is 51.8 Å². The first-order chi connectivity index (χ1) is 9.40. The van der Waals surface area contributed by atoms with Crippen molar-refractivity contribution < 1.29 is 19.8 Å². The normalized spacial score (nSPS) is 10.2. The third kappa shape index (κ3) is 2.44. The average molecular weight is 273 g/mol. The van der Waals surface area contributed by atoms with Crippen LogP contribution >= 0.6 is 0 Å². The van der Waals surface area contributed by atoms with Crippen LogP contribution < -0.4 is 5.43 Å². The lowest BCUT2D eigenvalue weighted by molar-refractivity contribution is 0.0686. The van der Waals surface area contributed by atoms with Gasteiger partial charge in [-0.15, -0.1) is 0 Å². The molecule has 0 aliphatic carbocycles. The van der Waals surface area contributed by atoms with Crippen LogP contribution in [0.2, 0.25) is 0 Å². The van der Waals surface area contributed by atoms with Crippen LogP contribution in [0.3, 0.4) is 0 Å². The lowest BCUT2D eigenvalue weighted by Gasteiger charge is -2.06. The van der Waals surface area contributed by atoms with Crippen molar-refractivity contribution in [1.29, 1.82) is 0 Å². The van der Waals surface area contributed by atoms with E-state index in [0.717, 1.165) is 6.07 Å². The Hall–Kier alpha value is -2.89. The number of aromatic carboxylic acids is 1. The summed E-state index contributed by atoms with van der Waals surface area (Å²) in [7, 11) is 0. The second-order valence-corrected chi connectivity index (χ2v) is 4.21. The molecule has 0 atom stereocenters. The molecular formula is C14H11NO5. The molecule has 0 fully saturated rings. The fourth-order valence-electron chi connectivity index (χ4n) is 1.77. The third-order valence-electron chi connectivity index (χ3n) is 2.80. The largest absolute Gasteiger partial charge is 0.502 e. The van der Waals surface area contributed by atoms with Gasteiger partial charge in [0.25, 0.3) is 0 Å². The molecule has 2 rings (SSSR count). The summed E-state index contributed by atoms with van der Waals surface area (Å²) in [5.74, 6) is -2.43. The summed E-state index contributed by atoms with van der Waals surface area (Å²) in [6, 6.07) is 7.48. The molecule has 0 spiro atoms. The number of aromatic nitrogens is 1. The molecule has 1 aromatic carbocycles. The van der Waals surface area contributed by atoms with E-state index in [1.165, 1.54) is 13.0 Å². The molecule has 0 aliphatic rings. The van der Waals surface area contributed by atoms with Crippen LogP contribution in [0.4, 0.5) is 0 Å². The number of rotatable bonds is 3. The Bertz CT molecular complexity index is 760. The summed E-state index contributed by atoms with van der Waals surface area (Å²) in [5, 5.41) is 18.3. The zero-order valence-electron chi connectivity index (χ0n) is 10.5. The maximum absolute atomic E-state index is 11.6. The van der Waals surface area contributed by atoms with Gasteiger partial charge in [-0.1, -0.05) is 18.2 Å². The third-order valence-corrected chi connectivity index (χ3v) is 2.80. The van der Waals surface area contributed by atoms with Crippen molar-refractivity contribution in [2.45, 2.75) is 6.92 Å². The van der Waals surface area contributed by atoms with Gasteiger partial charge >= 0.3 is 5.97 Å². The molecule has 3 N–H and O–H groups in total. The zero-order valence-corrected chi connectivity index (χ0v) is 10.5. The topological polar surface area (TPSA) is 107 Å². The minimum atomic E-state index is -1.44. The van der Waals surface area contributed by atoms with Gasteiger partial charge in [-0.3, -0.25) is 9.59 Å². The number of carbonyl (C=O) groups excluding carboxylic acids is 1. The van der Waals surface area contributed by atoms with Gasteiger partial charge in [-0.25, -0.2) is 4.79 Å². The van der Waals surface area contributed by atoms with E-state index in [4.69, 9.17) is 5.11 Å². The van der Waals surface area contributed by atoms with Crippen LogP contribution in [-0.2, 0) is 0 Å². The van der Waals surface area contributed by atoms with Gasteiger partial charge < -0.3 is 15.2 Å². The standard InChI is InChI=1S/C14H11NO5/c1-7(16)8-3-2-4-9(5-8)10-6-11(17)13(18)12(15-10)14(19)20/h2-6,18H,1H3,(H,15,17)(H,19,20). The Morgan fingerprint density at radius 3 is 2.50 bits per heavy atom. The summed E-state index contributed by atoms with van der Waals surface area (Å²) in [6.07, 6.45) is 0. The number of hydrogen-bond donors (Lipinski definition) is 3. The highest BCUT2D eigenvalue weighted by atomic mass is 16.4. The van der Waals surface area contributed by atoms with Crippen LogP contribution in [-0.4, -0.2) is 26.9 Å². The molecular weight excluding hydrogens is 262 g/mol. The van der Waals surface area contributed by atoms with Crippen LogP contribution in [0.1, 0.15) is 27.8 Å². The predicted molar refractivity (Wildman–Crippen MR) is 71.1 cm³/mol. The van der Waals surface area contributed by atoms with Gasteiger partial charge in [0.05, 0.1) is 5.69 Å². The zero-order chi connectivity index (χ0) is 14.9. The number of carboxylic acids is 1. The molecule has 0 saturated heterocycles. The first-order valence-electron chi connectivity index (χ1n) is 5.71. The summed E-state index contributed by atoms with van der Waals surface area (Å²) in [5.41, 5.74) is -0.246. The molecule has 0 amide bonds. The molecule has 6 heteroatoms. The van der Waals surface area contributed by atoms with Gasteiger partial charge in [-0.05, 0) is 18.6 Å². The maximum atomic E-state index is 11.6. The number of carbonyl (C=O) groups is 2. The lowest BCUT2D eigenvalue weighted by Crippen LogP contribution is -2.10. The number of pyridine rings is 1. The monoisotopic (exact) mass is 273 g/mol. The number of carboxylic acid groups (broad SMARTS) is 1. The number of Topliss-reactive ketones (excluding diaryl/α,β-unsaturated/α-hetero) is 1. The molecule has 0 aliphatic heterocycles. The first kappa shape index (κ1) is 13.5. The van der Waals surface area contributed by atoms with Crippen LogP contribution in [0.5, 0.6) is 5.75 Å². The predicted octanol–water partition coefficient (Wildman–Crippen LogP) is 1.65. The quantitative estimate of drug-likeness (QED) is 0.737. The highest BCUT2D eigenvalue weighted by Gasteiger charge is 2.15. The Morgan fingerprint density at radius 1 is 1.20 bits per heavy atom. The molecule has 102 valence electrons. The second kappa shape index (κ2) is 5.00. The van der Waals surface area contributed by atoms with Gasteiger partial charge in [-0.2, -0.15) is 0 Å². The van der Waals surface area contributed by atoms with Gasteiger partial charge in [0.2, 0.25) is 5.43 Å². The number of aromatic hydroxyl groups is 1. The van der Waals surface area contributed by atoms with Crippen molar-refractivity contribution in [2.24, 2.45) is 0 Å². The van der Waals surface area contributed by atoms with Crippen molar-refractivity contribution in [2.75, 3.05) is 0 Å². The average Bonchev–Trinajstić information content (AvgIpc) is 2.41. The van der Waals surface area contributed by atoms with E-state index in [1.807, 2.05) is 0 Å². The van der Waals surface area contributed by atoms with Crippen molar-refractivity contribution in [3.8, 4) is 17.0 Å². The molecule has 0 radical (unpaired) electrons. The summed E-state index contributed by atoms with van der Waals surface area (Å²) in [4.78, 5) is 36.3. The number of H-pyrrole nitrogens is 1. The van der Waals surface area contributed by atoms with Crippen LogP contribution in [0, 0.1) is 0 Å². The fourth-order valence-corrected chi connectivity index (χ4v) is 1.77. The number of aromatic amines is 1. The molecule has 0 unspecified atom stereocenters. The Morgan fingerprint density at radius 2 is 1.90 bits per heavy atom. The van der Waals surface area contributed by atoms with Gasteiger partial charge in [0.15, 0.2) is 17.2 Å². The van der Waals surface area contributed by atoms with Crippen molar-refractivity contribution >= 4 is 11.8 Å². The smallest absolute Gasteiger partial charge is 0.356 e. The van der Waals surface area contributed by atoms with E-state index < -0.39 is 22.8 Å². The molecule has 20 heavy (non-hydrogen) atoms. The van der Waals surface area contributed by atoms with Crippen molar-refractivity contribution in [1.82, 2.24) is 4.98 Å². The molecule has 6 nitrogen and oxygen atoms in total. The molecule has 1 aromatic heterocycles. The summed E-state index contributed by atoms with van der Waals surface area (Å²) >= 11 is 0.